The van der Waals surface area contributed by atoms with Crippen LogP contribution in [0.2, 0.25) is 0 Å². The Morgan fingerprint density at radius 2 is 1.89 bits per heavy atom. The Kier molecular flexibility index (Phi) is 4.97. The number of pyridine rings is 1. The predicted molar refractivity (Wildman–Crippen MR) is 109 cm³/mol. The second-order valence-corrected chi connectivity index (χ2v) is 7.86. The van der Waals surface area contributed by atoms with Gasteiger partial charge >= 0.3 is 0 Å². The Hall–Kier alpha value is -2.98. The van der Waals surface area contributed by atoms with E-state index >= 15 is 0 Å². The normalized spacial score (nSPS) is 21.1. The minimum atomic E-state index is -0.488. The molecule has 1 unspecified atom stereocenters. The number of benzene rings is 1. The third kappa shape index (κ3) is 3.69. The van der Waals surface area contributed by atoms with Crippen molar-refractivity contribution in [3.8, 4) is 0 Å². The largest absolute Gasteiger partial charge is 0.468 e. The Balaban J connectivity index is 1.83. The van der Waals surface area contributed by atoms with Crippen molar-refractivity contribution >= 4 is 11.9 Å². The molecule has 4 rings (SSSR count). The number of carbonyl (C=O) groups excluding carboxylic acids is 1. The van der Waals surface area contributed by atoms with Gasteiger partial charge in [-0.05, 0) is 35.9 Å². The van der Waals surface area contributed by atoms with Gasteiger partial charge in [-0.2, -0.15) is 0 Å². The van der Waals surface area contributed by atoms with Crippen LogP contribution in [0.15, 0.2) is 83.1 Å². The first-order valence-electron chi connectivity index (χ1n) is 9.53. The SMILES string of the molecule is CC1(C)CN(Cc2ccco2)C(c2ccccc2)C(=Cc2ccccn2)C1=O. The van der Waals surface area contributed by atoms with E-state index in [0.29, 0.717) is 13.1 Å². The van der Waals surface area contributed by atoms with Gasteiger partial charge in [-0.15, -0.1) is 0 Å². The van der Waals surface area contributed by atoms with Gasteiger partial charge in [0.1, 0.15) is 5.76 Å². The highest BCUT2D eigenvalue weighted by Gasteiger charge is 2.44. The summed E-state index contributed by atoms with van der Waals surface area (Å²) in [6.45, 7) is 5.32. The van der Waals surface area contributed by atoms with Crippen molar-refractivity contribution in [2.75, 3.05) is 6.54 Å². The van der Waals surface area contributed by atoms with Gasteiger partial charge in [0.25, 0.3) is 0 Å². The molecule has 4 nitrogen and oxygen atoms in total. The molecular formula is C24H24N2O2. The molecule has 0 amide bonds. The molecule has 0 aliphatic carbocycles. The maximum atomic E-state index is 13.4. The van der Waals surface area contributed by atoms with Crippen LogP contribution in [0.25, 0.3) is 6.08 Å². The summed E-state index contributed by atoms with van der Waals surface area (Å²) in [6.07, 6.45) is 5.39. The maximum absolute atomic E-state index is 13.4. The van der Waals surface area contributed by atoms with Crippen LogP contribution in [0.1, 0.15) is 36.9 Å². The number of Topliss-reactive ketones (excluding diaryl/α,β-unsaturated/α-hetero) is 1. The highest BCUT2D eigenvalue weighted by Crippen LogP contribution is 2.42. The van der Waals surface area contributed by atoms with Crippen LogP contribution in [0.4, 0.5) is 0 Å². The average molecular weight is 372 g/mol. The van der Waals surface area contributed by atoms with Crippen LogP contribution < -0.4 is 0 Å². The van der Waals surface area contributed by atoms with Crippen molar-refractivity contribution in [1.29, 1.82) is 0 Å². The van der Waals surface area contributed by atoms with Gasteiger partial charge in [0.15, 0.2) is 5.78 Å². The fourth-order valence-corrected chi connectivity index (χ4v) is 3.92. The highest BCUT2D eigenvalue weighted by atomic mass is 16.3. The number of aromatic nitrogens is 1. The molecule has 1 aromatic carbocycles. The van der Waals surface area contributed by atoms with Gasteiger partial charge in [0, 0.05) is 23.7 Å². The van der Waals surface area contributed by atoms with Crippen molar-refractivity contribution in [2.24, 2.45) is 5.41 Å². The van der Waals surface area contributed by atoms with E-state index < -0.39 is 5.41 Å². The second-order valence-electron chi connectivity index (χ2n) is 7.86. The number of carbonyl (C=O) groups is 1. The maximum Gasteiger partial charge on any atom is 0.167 e. The van der Waals surface area contributed by atoms with E-state index in [1.54, 1.807) is 12.5 Å². The Morgan fingerprint density at radius 1 is 1.11 bits per heavy atom. The molecule has 0 radical (unpaired) electrons. The standard InChI is InChI=1S/C24H24N2O2/c1-24(2)17-26(16-20-12-8-14-28-20)22(18-9-4-3-5-10-18)21(23(24)27)15-19-11-6-7-13-25-19/h3-15,22H,16-17H2,1-2H3. The lowest BCUT2D eigenvalue weighted by molar-refractivity contribution is -0.128. The van der Waals surface area contributed by atoms with E-state index in [1.807, 2.05) is 68.5 Å². The second kappa shape index (κ2) is 7.56. The fourth-order valence-electron chi connectivity index (χ4n) is 3.92. The zero-order valence-corrected chi connectivity index (χ0v) is 16.2. The Morgan fingerprint density at radius 3 is 2.57 bits per heavy atom. The van der Waals surface area contributed by atoms with Gasteiger partial charge in [-0.1, -0.05) is 50.2 Å². The van der Waals surface area contributed by atoms with E-state index in [2.05, 4.69) is 22.0 Å². The number of nitrogens with zero attached hydrogens (tertiary/aromatic N) is 2. The van der Waals surface area contributed by atoms with Crippen molar-refractivity contribution in [3.63, 3.8) is 0 Å². The lowest BCUT2D eigenvalue weighted by Crippen LogP contribution is -2.48. The molecule has 142 valence electrons. The van der Waals surface area contributed by atoms with E-state index in [4.69, 9.17) is 4.42 Å². The van der Waals surface area contributed by atoms with E-state index in [0.717, 1.165) is 22.6 Å². The molecule has 3 aromatic rings. The summed E-state index contributed by atoms with van der Waals surface area (Å²) in [5.41, 5.74) is 2.17. The third-order valence-electron chi connectivity index (χ3n) is 5.18. The molecule has 3 heterocycles. The zero-order valence-electron chi connectivity index (χ0n) is 16.2. The van der Waals surface area contributed by atoms with Crippen LogP contribution in [0, 0.1) is 5.41 Å². The van der Waals surface area contributed by atoms with Crippen LogP contribution in [0.5, 0.6) is 0 Å². The van der Waals surface area contributed by atoms with E-state index in [1.165, 1.54) is 0 Å². The molecule has 0 N–H and O–H groups in total. The van der Waals surface area contributed by atoms with Crippen LogP contribution in [0.3, 0.4) is 0 Å². The molecule has 4 heteroatoms. The fraction of sp³-hybridized carbons (Fsp3) is 0.250. The monoisotopic (exact) mass is 372 g/mol. The Bertz CT molecular complexity index is 960. The van der Waals surface area contributed by atoms with Crippen LogP contribution in [-0.2, 0) is 11.3 Å². The highest BCUT2D eigenvalue weighted by molar-refractivity contribution is 6.05. The van der Waals surface area contributed by atoms with Crippen molar-refractivity contribution in [3.05, 3.63) is 95.7 Å². The molecule has 1 fully saturated rings. The molecule has 28 heavy (non-hydrogen) atoms. The quantitative estimate of drug-likeness (QED) is 0.611. The van der Waals surface area contributed by atoms with Gasteiger partial charge in [0.2, 0.25) is 0 Å². The van der Waals surface area contributed by atoms with Gasteiger partial charge in [-0.25, -0.2) is 0 Å². The van der Waals surface area contributed by atoms with Gasteiger partial charge < -0.3 is 4.42 Å². The van der Waals surface area contributed by atoms with Crippen LogP contribution >= 0.6 is 0 Å². The van der Waals surface area contributed by atoms with E-state index in [-0.39, 0.29) is 11.8 Å². The smallest absolute Gasteiger partial charge is 0.167 e. The minimum Gasteiger partial charge on any atom is -0.468 e. The first-order valence-corrected chi connectivity index (χ1v) is 9.53. The lowest BCUT2D eigenvalue weighted by Gasteiger charge is -2.44. The topological polar surface area (TPSA) is 46.3 Å². The minimum absolute atomic E-state index is 0.145. The van der Waals surface area contributed by atoms with Gasteiger partial charge in [0.05, 0.1) is 24.5 Å². The molecule has 1 atom stereocenters. The molecular weight excluding hydrogens is 348 g/mol. The summed E-state index contributed by atoms with van der Waals surface area (Å²) < 4.78 is 5.61. The molecule has 1 aliphatic heterocycles. The first kappa shape index (κ1) is 18.4. The number of likely N-dealkylation sites (tertiary alicyclic amines) is 1. The summed E-state index contributed by atoms with van der Waals surface area (Å²) in [5, 5.41) is 0. The summed E-state index contributed by atoms with van der Waals surface area (Å²) in [7, 11) is 0. The number of furan rings is 1. The lowest BCUT2D eigenvalue weighted by atomic mass is 9.74. The van der Waals surface area contributed by atoms with Gasteiger partial charge in [-0.3, -0.25) is 14.7 Å². The zero-order chi connectivity index (χ0) is 19.6. The number of hydrogen-bond donors (Lipinski definition) is 0. The van der Waals surface area contributed by atoms with Crippen LogP contribution in [-0.4, -0.2) is 22.2 Å². The average Bonchev–Trinajstić information content (AvgIpc) is 3.20. The molecule has 2 aromatic heterocycles. The predicted octanol–water partition coefficient (Wildman–Crippen LogP) is 4.91. The van der Waals surface area contributed by atoms with E-state index in [9.17, 15) is 4.79 Å². The molecule has 0 saturated carbocycles. The summed E-state index contributed by atoms with van der Waals surface area (Å²) in [6, 6.07) is 19.7. The molecule has 1 aliphatic rings. The number of ketones is 1. The van der Waals surface area contributed by atoms with Crippen molar-refractivity contribution in [2.45, 2.75) is 26.4 Å². The number of piperidine rings is 1. The number of hydrogen-bond acceptors (Lipinski definition) is 4. The summed E-state index contributed by atoms with van der Waals surface area (Å²) in [4.78, 5) is 20.2. The molecule has 0 bridgehead atoms. The summed E-state index contributed by atoms with van der Waals surface area (Å²) >= 11 is 0. The first-order chi connectivity index (χ1) is 13.5. The summed E-state index contributed by atoms with van der Waals surface area (Å²) in [5.74, 6) is 1.06. The molecule has 0 spiro atoms. The van der Waals surface area contributed by atoms with Crippen molar-refractivity contribution < 1.29 is 9.21 Å². The molecule has 1 saturated heterocycles. The Labute approximate surface area is 165 Å². The van der Waals surface area contributed by atoms with Crippen molar-refractivity contribution in [1.82, 2.24) is 9.88 Å². The number of rotatable bonds is 4. The third-order valence-corrected chi connectivity index (χ3v) is 5.18.